The van der Waals surface area contributed by atoms with Gasteiger partial charge in [-0.1, -0.05) is 20.3 Å². The molecule has 0 fully saturated rings. The summed E-state index contributed by atoms with van der Waals surface area (Å²) in [6.07, 6.45) is 7.26. The fourth-order valence-electron chi connectivity index (χ4n) is 2.35. The predicted molar refractivity (Wildman–Crippen MR) is 89.2 cm³/mol. The smallest absolute Gasteiger partial charge is 0.112 e. The molecule has 1 atom stereocenters. The fourth-order valence-corrected chi connectivity index (χ4v) is 2.67. The van der Waals surface area contributed by atoms with Crippen LogP contribution in [0.1, 0.15) is 40.0 Å². The van der Waals surface area contributed by atoms with Crippen molar-refractivity contribution in [1.29, 1.82) is 0 Å². The Morgan fingerprint density at radius 3 is 2.80 bits per heavy atom. The van der Waals surface area contributed by atoms with E-state index in [1.54, 1.807) is 0 Å². The van der Waals surface area contributed by atoms with Gasteiger partial charge in [-0.05, 0) is 47.8 Å². The minimum atomic E-state index is 0.512. The number of hydrogen-bond acceptors (Lipinski definition) is 3. The number of aromatic nitrogens is 2. The van der Waals surface area contributed by atoms with E-state index < -0.39 is 0 Å². The summed E-state index contributed by atoms with van der Waals surface area (Å²) in [5.74, 6) is 0. The molecule has 2 aromatic rings. The standard InChI is InChI=1S/C16H22BrN3/c1-4-6-9-20(12(3)5-2)15-7-8-18-14-10-13(17)11-19-16(14)15/h7-8,10-12H,4-6,9H2,1-3H3. The second kappa shape index (κ2) is 7.02. The highest BCUT2D eigenvalue weighted by Crippen LogP contribution is 2.27. The fraction of sp³-hybridized carbons (Fsp3) is 0.500. The summed E-state index contributed by atoms with van der Waals surface area (Å²) >= 11 is 3.46. The summed E-state index contributed by atoms with van der Waals surface area (Å²) in [4.78, 5) is 11.5. The van der Waals surface area contributed by atoms with Gasteiger partial charge < -0.3 is 4.90 Å². The molecule has 20 heavy (non-hydrogen) atoms. The highest BCUT2D eigenvalue weighted by Gasteiger charge is 2.16. The third-order valence-corrected chi connectivity index (χ3v) is 4.14. The van der Waals surface area contributed by atoms with Gasteiger partial charge in [-0.3, -0.25) is 9.97 Å². The number of anilines is 1. The molecular formula is C16H22BrN3. The van der Waals surface area contributed by atoms with E-state index in [1.807, 2.05) is 18.5 Å². The third-order valence-electron chi connectivity index (χ3n) is 3.71. The number of halogens is 1. The van der Waals surface area contributed by atoms with Crippen molar-refractivity contribution in [1.82, 2.24) is 9.97 Å². The van der Waals surface area contributed by atoms with Crippen molar-refractivity contribution in [2.75, 3.05) is 11.4 Å². The van der Waals surface area contributed by atoms with Gasteiger partial charge in [0.1, 0.15) is 5.52 Å². The molecule has 2 aromatic heterocycles. The van der Waals surface area contributed by atoms with E-state index in [1.165, 1.54) is 18.5 Å². The maximum atomic E-state index is 4.58. The van der Waals surface area contributed by atoms with Crippen LogP contribution >= 0.6 is 15.9 Å². The maximum absolute atomic E-state index is 4.58. The zero-order valence-electron chi connectivity index (χ0n) is 12.4. The first-order chi connectivity index (χ1) is 9.67. The van der Waals surface area contributed by atoms with Crippen molar-refractivity contribution < 1.29 is 0 Å². The van der Waals surface area contributed by atoms with Crippen LogP contribution in [0.25, 0.3) is 11.0 Å². The van der Waals surface area contributed by atoms with Gasteiger partial charge in [0, 0.05) is 29.5 Å². The number of hydrogen-bond donors (Lipinski definition) is 0. The van der Waals surface area contributed by atoms with Gasteiger partial charge >= 0.3 is 0 Å². The molecule has 0 amide bonds. The lowest BCUT2D eigenvalue weighted by Crippen LogP contribution is -2.33. The van der Waals surface area contributed by atoms with Crippen LogP contribution < -0.4 is 4.90 Å². The highest BCUT2D eigenvalue weighted by molar-refractivity contribution is 9.10. The number of nitrogens with zero attached hydrogens (tertiary/aromatic N) is 3. The summed E-state index contributed by atoms with van der Waals surface area (Å²) in [5.41, 5.74) is 3.14. The Morgan fingerprint density at radius 1 is 1.30 bits per heavy atom. The minimum Gasteiger partial charge on any atom is -0.367 e. The number of fused-ring (bicyclic) bond motifs is 1. The van der Waals surface area contributed by atoms with Gasteiger partial charge in [-0.2, -0.15) is 0 Å². The van der Waals surface area contributed by atoms with Crippen molar-refractivity contribution in [3.8, 4) is 0 Å². The molecule has 0 saturated carbocycles. The third kappa shape index (κ3) is 3.29. The molecule has 2 rings (SSSR count). The van der Waals surface area contributed by atoms with E-state index >= 15 is 0 Å². The molecule has 0 spiro atoms. The van der Waals surface area contributed by atoms with Crippen molar-refractivity contribution in [3.63, 3.8) is 0 Å². The summed E-state index contributed by atoms with van der Waals surface area (Å²) in [7, 11) is 0. The monoisotopic (exact) mass is 335 g/mol. The Balaban J connectivity index is 2.46. The van der Waals surface area contributed by atoms with Crippen molar-refractivity contribution >= 4 is 32.7 Å². The first-order valence-electron chi connectivity index (χ1n) is 7.34. The van der Waals surface area contributed by atoms with Gasteiger partial charge in [0.15, 0.2) is 0 Å². The molecule has 108 valence electrons. The first-order valence-corrected chi connectivity index (χ1v) is 8.13. The summed E-state index contributed by atoms with van der Waals surface area (Å²) in [6.45, 7) is 7.81. The second-order valence-electron chi connectivity index (χ2n) is 5.16. The molecule has 2 heterocycles. The largest absolute Gasteiger partial charge is 0.367 e. The van der Waals surface area contributed by atoms with Crippen molar-refractivity contribution in [2.45, 2.75) is 46.1 Å². The first kappa shape index (κ1) is 15.2. The predicted octanol–water partition coefficient (Wildman–Crippen LogP) is 4.80. The average Bonchev–Trinajstić information content (AvgIpc) is 2.47. The summed E-state index contributed by atoms with van der Waals surface area (Å²) in [5, 5.41) is 0. The van der Waals surface area contributed by atoms with Crippen molar-refractivity contribution in [3.05, 3.63) is 29.0 Å². The van der Waals surface area contributed by atoms with Crippen LogP contribution in [0, 0.1) is 0 Å². The van der Waals surface area contributed by atoms with E-state index in [0.717, 1.165) is 28.5 Å². The van der Waals surface area contributed by atoms with Gasteiger partial charge in [-0.25, -0.2) is 0 Å². The van der Waals surface area contributed by atoms with Crippen LogP contribution in [0.5, 0.6) is 0 Å². The second-order valence-corrected chi connectivity index (χ2v) is 6.07. The minimum absolute atomic E-state index is 0.512. The van der Waals surface area contributed by atoms with E-state index in [0.29, 0.717) is 6.04 Å². The van der Waals surface area contributed by atoms with E-state index in [9.17, 15) is 0 Å². The van der Waals surface area contributed by atoms with E-state index in [2.05, 4.69) is 57.6 Å². The average molecular weight is 336 g/mol. The summed E-state index contributed by atoms with van der Waals surface area (Å²) in [6, 6.07) is 4.63. The van der Waals surface area contributed by atoms with Crippen LogP contribution in [0.3, 0.4) is 0 Å². The molecule has 1 unspecified atom stereocenters. The molecule has 3 nitrogen and oxygen atoms in total. The lowest BCUT2D eigenvalue weighted by Gasteiger charge is -2.31. The molecule has 0 aliphatic carbocycles. The number of unbranched alkanes of at least 4 members (excludes halogenated alkanes) is 1. The molecule has 0 aromatic carbocycles. The molecule has 0 aliphatic rings. The zero-order chi connectivity index (χ0) is 14.5. The Kier molecular flexibility index (Phi) is 5.35. The molecule has 0 saturated heterocycles. The van der Waals surface area contributed by atoms with Gasteiger partial charge in [0.25, 0.3) is 0 Å². The summed E-state index contributed by atoms with van der Waals surface area (Å²) < 4.78 is 0.971. The number of pyridine rings is 2. The Labute approximate surface area is 129 Å². The molecule has 0 bridgehead atoms. The molecule has 0 N–H and O–H groups in total. The SMILES string of the molecule is CCCCN(c1ccnc2cc(Br)cnc12)C(C)CC. The molecule has 4 heteroatoms. The lowest BCUT2D eigenvalue weighted by molar-refractivity contribution is 0.597. The Hall–Kier alpha value is -1.16. The molecule has 0 radical (unpaired) electrons. The van der Waals surface area contributed by atoms with Crippen molar-refractivity contribution in [2.24, 2.45) is 0 Å². The molecule has 0 aliphatic heterocycles. The van der Waals surface area contributed by atoms with Crippen LogP contribution in [0.15, 0.2) is 29.0 Å². The topological polar surface area (TPSA) is 29.0 Å². The van der Waals surface area contributed by atoms with E-state index in [-0.39, 0.29) is 0 Å². The van der Waals surface area contributed by atoms with Gasteiger partial charge in [0.05, 0.1) is 11.2 Å². The van der Waals surface area contributed by atoms with Gasteiger partial charge in [0.2, 0.25) is 0 Å². The van der Waals surface area contributed by atoms with Crippen LogP contribution in [-0.2, 0) is 0 Å². The zero-order valence-corrected chi connectivity index (χ0v) is 14.0. The number of rotatable bonds is 6. The normalized spacial score (nSPS) is 12.6. The van der Waals surface area contributed by atoms with Gasteiger partial charge in [-0.15, -0.1) is 0 Å². The molecular weight excluding hydrogens is 314 g/mol. The lowest BCUT2D eigenvalue weighted by atomic mass is 10.1. The van der Waals surface area contributed by atoms with Crippen LogP contribution in [0.2, 0.25) is 0 Å². The maximum Gasteiger partial charge on any atom is 0.112 e. The van der Waals surface area contributed by atoms with E-state index in [4.69, 9.17) is 0 Å². The Bertz CT molecular complexity index is 571. The highest BCUT2D eigenvalue weighted by atomic mass is 79.9. The quantitative estimate of drug-likeness (QED) is 0.759. The Morgan fingerprint density at radius 2 is 2.10 bits per heavy atom. The van der Waals surface area contributed by atoms with Crippen LogP contribution in [0.4, 0.5) is 5.69 Å². The van der Waals surface area contributed by atoms with Crippen LogP contribution in [-0.4, -0.2) is 22.6 Å².